The maximum Gasteiger partial charge on any atom is 0.242 e. The van der Waals surface area contributed by atoms with E-state index in [9.17, 15) is 57.5 Å². The van der Waals surface area contributed by atoms with E-state index in [-0.39, 0.29) is 49.7 Å². The normalized spacial score (nSPS) is 11.2. The van der Waals surface area contributed by atoms with Crippen molar-refractivity contribution < 1.29 is 57.5 Å². The van der Waals surface area contributed by atoms with Crippen LogP contribution in [0.2, 0.25) is 0 Å². The zero-order valence-corrected chi connectivity index (χ0v) is 41.6. The number of hydrogen-bond acceptors (Lipinski definition) is 13. The van der Waals surface area contributed by atoms with Crippen LogP contribution in [0.3, 0.4) is 0 Å². The second-order valence-electron chi connectivity index (χ2n) is 17.2. The molecule has 0 radical (unpaired) electrons. The van der Waals surface area contributed by atoms with Gasteiger partial charge in [0.2, 0.25) is 65.0 Å². The summed E-state index contributed by atoms with van der Waals surface area (Å²) in [4.78, 5) is 163. The number of carbonyl (C=O) groups excluding carboxylic acids is 12. The van der Waals surface area contributed by atoms with E-state index in [1.54, 1.807) is 20.8 Å². The van der Waals surface area contributed by atoms with Gasteiger partial charge in [0.1, 0.15) is 0 Å². The van der Waals surface area contributed by atoms with Crippen LogP contribution in [0.4, 0.5) is 0 Å². The summed E-state index contributed by atoms with van der Waals surface area (Å²) in [6, 6.07) is -0.524. The van der Waals surface area contributed by atoms with Crippen LogP contribution in [0.5, 0.6) is 0 Å². The van der Waals surface area contributed by atoms with E-state index in [2.05, 4.69) is 10.6 Å². The van der Waals surface area contributed by atoms with Crippen molar-refractivity contribution in [2.75, 3.05) is 142 Å². The fourth-order valence-electron chi connectivity index (χ4n) is 5.53. The average molecular weight is 939 g/mol. The van der Waals surface area contributed by atoms with Gasteiger partial charge in [-0.3, -0.25) is 57.5 Å². The summed E-state index contributed by atoms with van der Waals surface area (Å²) < 4.78 is 0. The second-order valence-corrected chi connectivity index (χ2v) is 17.2. The number of nitrogens with zero attached hydrogens (tertiary/aromatic N) is 10. The lowest BCUT2D eigenvalue weighted by Crippen LogP contribution is -2.49. The smallest absolute Gasteiger partial charge is 0.242 e. The Hall–Kier alpha value is -6.20. The van der Waals surface area contributed by atoms with Gasteiger partial charge in [-0.25, -0.2) is 0 Å². The van der Waals surface area contributed by atoms with Crippen LogP contribution in [0.25, 0.3) is 0 Å². The molecule has 0 unspecified atom stereocenters. The molecule has 1 atom stereocenters. The van der Waals surface area contributed by atoms with E-state index in [1.807, 2.05) is 13.8 Å². The molecule has 0 saturated heterocycles. The number of ketones is 1. The summed E-state index contributed by atoms with van der Waals surface area (Å²) in [5, 5.41) is 5.66. The molecule has 0 heterocycles. The fraction of sp³-hybridized carbons (Fsp3) is 0.714. The molecule has 0 aromatic heterocycles. The van der Waals surface area contributed by atoms with Crippen LogP contribution in [0.15, 0.2) is 0 Å². The standard InChI is InChI=1S/C42H74N12O12/c1-28(2)42(66)30(5)44-31(55)18-45(6)33(57)20-47(8)35(59)22-49(10)37(61)24-51(12)39(63)26-53(14)41(65)27-54(15)40(64)25-52(13)38(62)23-50(11)36(60)21-48(9)34(58)19-46(7)32(56)16-17-43-29(3)4/h28-30,43H,16-27H2,1-15H3,(H,44,55)/t30-/m0/s1. The first-order valence-electron chi connectivity index (χ1n) is 21.4. The monoisotopic (exact) mass is 939 g/mol. The van der Waals surface area contributed by atoms with E-state index in [1.165, 1.54) is 75.4 Å². The molecule has 0 rings (SSSR count). The molecule has 0 aromatic rings. The topological polar surface area (TPSA) is 261 Å². The minimum absolute atomic E-state index is 0.162. The summed E-state index contributed by atoms with van der Waals surface area (Å²) in [7, 11) is 13.6. The predicted molar refractivity (Wildman–Crippen MR) is 242 cm³/mol. The van der Waals surface area contributed by atoms with Crippen molar-refractivity contribution in [3.05, 3.63) is 0 Å². The number of amides is 11. The third-order valence-corrected chi connectivity index (χ3v) is 10.3. The molecule has 0 aliphatic carbocycles. The number of hydrogen-bond donors (Lipinski definition) is 2. The summed E-state index contributed by atoms with van der Waals surface area (Å²) >= 11 is 0. The van der Waals surface area contributed by atoms with Crippen molar-refractivity contribution in [3.8, 4) is 0 Å². The highest BCUT2D eigenvalue weighted by molar-refractivity contribution is 5.95. The van der Waals surface area contributed by atoms with Gasteiger partial charge in [0, 0.05) is 95.4 Å². The molecule has 24 heteroatoms. The minimum atomic E-state index is -0.731. The summed E-state index contributed by atoms with van der Waals surface area (Å²) in [5.74, 6) is -6.51. The van der Waals surface area contributed by atoms with E-state index < -0.39 is 111 Å². The third kappa shape index (κ3) is 22.1. The number of rotatable bonds is 27. The van der Waals surface area contributed by atoms with Gasteiger partial charge in [-0.2, -0.15) is 0 Å². The van der Waals surface area contributed by atoms with Gasteiger partial charge in [0.05, 0.1) is 71.5 Å². The van der Waals surface area contributed by atoms with Gasteiger partial charge in [0.25, 0.3) is 0 Å². The first-order chi connectivity index (χ1) is 30.4. The Labute approximate surface area is 388 Å². The van der Waals surface area contributed by atoms with Crippen LogP contribution in [0, 0.1) is 5.92 Å². The van der Waals surface area contributed by atoms with Crippen LogP contribution in [-0.4, -0.2) is 274 Å². The molecule has 66 heavy (non-hydrogen) atoms. The Morgan fingerprint density at radius 1 is 0.333 bits per heavy atom. The SMILES string of the molecule is CC(C)NCCC(=O)N(C)CC(=O)N(C)CC(=O)N(C)CC(=O)N(C)CC(=O)N(C)CC(=O)N(C)CC(=O)N(C)CC(=O)N(C)CC(=O)N(C)CC(=O)N(C)CC(=O)N[C@@H](C)C(=O)C(C)C. The largest absolute Gasteiger partial charge is 0.345 e. The highest BCUT2D eigenvalue weighted by Gasteiger charge is 2.27. The van der Waals surface area contributed by atoms with Crippen molar-refractivity contribution in [1.29, 1.82) is 0 Å². The van der Waals surface area contributed by atoms with E-state index in [4.69, 9.17) is 0 Å². The summed E-state index contributed by atoms with van der Waals surface area (Å²) in [6.45, 7) is 5.34. The van der Waals surface area contributed by atoms with Gasteiger partial charge in [0.15, 0.2) is 5.78 Å². The molecular formula is C42H74N12O12. The zero-order chi connectivity index (χ0) is 51.3. The molecule has 0 saturated carbocycles. The number of carbonyl (C=O) groups is 12. The molecule has 0 aliphatic rings. The van der Waals surface area contributed by atoms with Gasteiger partial charge in [-0.15, -0.1) is 0 Å². The number of Topliss-reactive ketones (excluding diaryl/α,β-unsaturated/α-hetero) is 1. The van der Waals surface area contributed by atoms with E-state index in [0.717, 1.165) is 44.1 Å². The second kappa shape index (κ2) is 28.7. The highest BCUT2D eigenvalue weighted by atomic mass is 16.2. The number of nitrogens with one attached hydrogen (secondary N) is 2. The molecule has 0 aliphatic heterocycles. The van der Waals surface area contributed by atoms with Gasteiger partial charge >= 0.3 is 0 Å². The summed E-state index contributed by atoms with van der Waals surface area (Å²) in [6.07, 6.45) is 0.204. The molecular weight excluding hydrogens is 865 g/mol. The molecule has 2 N–H and O–H groups in total. The molecule has 24 nitrogen and oxygen atoms in total. The lowest BCUT2D eigenvalue weighted by atomic mass is 10.0. The quantitative estimate of drug-likeness (QED) is 0.0791. The predicted octanol–water partition coefficient (Wildman–Crippen LogP) is -4.31. The Morgan fingerprint density at radius 3 is 0.758 bits per heavy atom. The maximum atomic E-state index is 12.9. The van der Waals surface area contributed by atoms with E-state index >= 15 is 0 Å². The zero-order valence-electron chi connectivity index (χ0n) is 41.6. The van der Waals surface area contributed by atoms with Gasteiger partial charge in [-0.05, 0) is 6.92 Å². The molecule has 0 spiro atoms. The Bertz CT molecular complexity index is 1780. The van der Waals surface area contributed by atoms with Crippen LogP contribution < -0.4 is 10.6 Å². The van der Waals surface area contributed by atoms with Gasteiger partial charge < -0.3 is 59.6 Å². The Morgan fingerprint density at radius 2 is 0.545 bits per heavy atom. The summed E-state index contributed by atoms with van der Waals surface area (Å²) in [5.41, 5.74) is 0. The van der Waals surface area contributed by atoms with Crippen LogP contribution in [-0.2, 0) is 57.5 Å². The first kappa shape index (κ1) is 59.8. The highest BCUT2D eigenvalue weighted by Crippen LogP contribution is 2.02. The lowest BCUT2D eigenvalue weighted by Gasteiger charge is -2.27. The first-order valence-corrected chi connectivity index (χ1v) is 21.4. The van der Waals surface area contributed by atoms with Crippen LogP contribution in [0.1, 0.15) is 41.0 Å². The van der Waals surface area contributed by atoms with E-state index in [0.29, 0.717) is 6.54 Å². The van der Waals surface area contributed by atoms with Crippen molar-refractivity contribution in [3.63, 3.8) is 0 Å². The molecule has 0 bridgehead atoms. The Balaban J connectivity index is 4.90. The molecule has 0 aromatic carbocycles. The molecule has 11 amide bonds. The minimum Gasteiger partial charge on any atom is -0.345 e. The average Bonchev–Trinajstić information content (AvgIpc) is 3.22. The maximum absolute atomic E-state index is 12.9. The van der Waals surface area contributed by atoms with Crippen molar-refractivity contribution in [2.45, 2.75) is 53.1 Å². The fourth-order valence-corrected chi connectivity index (χ4v) is 5.53. The Kier molecular flexibility index (Phi) is 26.0. The number of likely N-dealkylation sites (N-methyl/N-ethyl adjacent to an activating group) is 10. The molecule has 374 valence electrons. The van der Waals surface area contributed by atoms with Crippen LogP contribution >= 0.6 is 0 Å². The van der Waals surface area contributed by atoms with Crippen molar-refractivity contribution in [1.82, 2.24) is 59.6 Å². The van der Waals surface area contributed by atoms with Crippen molar-refractivity contribution in [2.24, 2.45) is 5.92 Å². The van der Waals surface area contributed by atoms with Crippen molar-refractivity contribution >= 4 is 70.8 Å². The lowest BCUT2D eigenvalue weighted by molar-refractivity contribution is -0.146. The van der Waals surface area contributed by atoms with Gasteiger partial charge in [-0.1, -0.05) is 27.7 Å². The third-order valence-electron chi connectivity index (χ3n) is 10.3. The molecule has 0 fully saturated rings.